The largest absolute Gasteiger partial charge is 0.303 e. The van der Waals surface area contributed by atoms with Crippen LogP contribution in [0.1, 0.15) is 29.3 Å². The fraction of sp³-hybridized carbons (Fsp3) is 0.462. The molecule has 1 aromatic rings. The molecule has 0 spiro atoms. The van der Waals surface area contributed by atoms with Crippen molar-refractivity contribution in [3.05, 3.63) is 35.4 Å². The molecule has 2 nitrogen and oxygen atoms in total. The zero-order valence-electron chi connectivity index (χ0n) is 9.66. The first-order valence-corrected chi connectivity index (χ1v) is 5.50. The highest BCUT2D eigenvalue weighted by Gasteiger charge is 2.38. The summed E-state index contributed by atoms with van der Waals surface area (Å²) in [6, 6.07) is 6.94. The third-order valence-corrected chi connectivity index (χ3v) is 3.20. The van der Waals surface area contributed by atoms with E-state index in [0.29, 0.717) is 24.1 Å². The summed E-state index contributed by atoms with van der Waals surface area (Å²) in [5, 5.41) is 0. The van der Waals surface area contributed by atoms with E-state index in [9.17, 15) is 9.18 Å². The van der Waals surface area contributed by atoms with Gasteiger partial charge in [-0.1, -0.05) is 18.2 Å². The summed E-state index contributed by atoms with van der Waals surface area (Å²) >= 11 is 0. The minimum atomic E-state index is -1.29. The predicted molar refractivity (Wildman–Crippen MR) is 61.3 cm³/mol. The molecule has 2 rings (SSSR count). The van der Waals surface area contributed by atoms with E-state index in [4.69, 9.17) is 0 Å². The summed E-state index contributed by atoms with van der Waals surface area (Å²) < 4.78 is 14.6. The van der Waals surface area contributed by atoms with Crippen LogP contribution in [0.15, 0.2) is 24.3 Å². The molecule has 1 atom stereocenters. The van der Waals surface area contributed by atoms with Crippen LogP contribution in [0.2, 0.25) is 0 Å². The molecule has 1 unspecified atom stereocenters. The number of hydrogen-bond acceptors (Lipinski definition) is 2. The summed E-state index contributed by atoms with van der Waals surface area (Å²) in [6.45, 7) is 2.68. The van der Waals surface area contributed by atoms with Crippen molar-refractivity contribution in [3.8, 4) is 0 Å². The molecule has 1 saturated heterocycles. The van der Waals surface area contributed by atoms with Gasteiger partial charge in [0.05, 0.1) is 0 Å². The van der Waals surface area contributed by atoms with Crippen molar-refractivity contribution in [3.63, 3.8) is 0 Å². The lowest BCUT2D eigenvalue weighted by molar-refractivity contribution is 0.101. The van der Waals surface area contributed by atoms with Gasteiger partial charge in [0.25, 0.3) is 0 Å². The number of likely N-dealkylation sites (tertiary alicyclic amines) is 1. The first kappa shape index (κ1) is 11.3. The van der Waals surface area contributed by atoms with Crippen LogP contribution in [-0.4, -0.2) is 30.8 Å². The number of rotatable bonds is 2. The first-order valence-electron chi connectivity index (χ1n) is 5.50. The molecule has 0 aromatic heterocycles. The molecule has 86 valence electrons. The van der Waals surface area contributed by atoms with Crippen LogP contribution in [0.25, 0.3) is 0 Å². The maximum absolute atomic E-state index is 14.6. The van der Waals surface area contributed by atoms with Gasteiger partial charge < -0.3 is 4.90 Å². The van der Waals surface area contributed by atoms with E-state index in [-0.39, 0.29) is 5.78 Å². The van der Waals surface area contributed by atoms with Crippen LogP contribution in [0.4, 0.5) is 4.39 Å². The molecule has 1 heterocycles. The Labute approximate surface area is 95.1 Å². The van der Waals surface area contributed by atoms with E-state index in [1.54, 1.807) is 24.3 Å². The van der Waals surface area contributed by atoms with Gasteiger partial charge in [-0.25, -0.2) is 4.39 Å². The number of carbonyl (C=O) groups is 1. The molecule has 0 saturated carbocycles. The number of nitrogens with zero attached hydrogens (tertiary/aromatic N) is 1. The second-order valence-electron chi connectivity index (χ2n) is 4.59. The molecule has 16 heavy (non-hydrogen) atoms. The Hall–Kier alpha value is -1.22. The van der Waals surface area contributed by atoms with Gasteiger partial charge in [0.1, 0.15) is 5.67 Å². The topological polar surface area (TPSA) is 20.3 Å². The molecule has 0 bridgehead atoms. The summed E-state index contributed by atoms with van der Waals surface area (Å²) in [6.07, 6.45) is 0.505. The van der Waals surface area contributed by atoms with Crippen LogP contribution in [0.3, 0.4) is 0 Å². The van der Waals surface area contributed by atoms with Gasteiger partial charge in [-0.3, -0.25) is 4.79 Å². The average molecular weight is 221 g/mol. The van der Waals surface area contributed by atoms with E-state index < -0.39 is 5.67 Å². The normalized spacial score (nSPS) is 25.9. The van der Waals surface area contributed by atoms with Crippen LogP contribution in [0, 0.1) is 0 Å². The number of halogens is 1. The molecule has 0 aliphatic carbocycles. The second-order valence-corrected chi connectivity index (χ2v) is 4.59. The Kier molecular flexibility index (Phi) is 2.80. The molecule has 0 N–H and O–H groups in total. The van der Waals surface area contributed by atoms with E-state index in [2.05, 4.69) is 0 Å². The quantitative estimate of drug-likeness (QED) is 0.715. The monoisotopic (exact) mass is 221 g/mol. The number of ketones is 1. The van der Waals surface area contributed by atoms with Crippen molar-refractivity contribution in [2.75, 3.05) is 20.1 Å². The maximum atomic E-state index is 14.6. The molecule has 3 heteroatoms. The highest BCUT2D eigenvalue weighted by Crippen LogP contribution is 2.35. The van der Waals surface area contributed by atoms with Gasteiger partial charge in [-0.05, 0) is 32.0 Å². The van der Waals surface area contributed by atoms with Gasteiger partial charge in [0, 0.05) is 18.7 Å². The predicted octanol–water partition coefficient (Wildman–Crippen LogP) is 2.39. The Balaban J connectivity index is 2.33. The Morgan fingerprint density at radius 3 is 2.81 bits per heavy atom. The van der Waals surface area contributed by atoms with E-state index in [0.717, 1.165) is 6.54 Å². The average Bonchev–Trinajstić information content (AvgIpc) is 2.60. The van der Waals surface area contributed by atoms with Gasteiger partial charge in [0.2, 0.25) is 0 Å². The van der Waals surface area contributed by atoms with E-state index in [1.165, 1.54) is 6.92 Å². The number of hydrogen-bond donors (Lipinski definition) is 0. The number of alkyl halides is 1. The van der Waals surface area contributed by atoms with Gasteiger partial charge >= 0.3 is 0 Å². The molecule has 1 aliphatic heterocycles. The van der Waals surface area contributed by atoms with Gasteiger partial charge in [-0.15, -0.1) is 0 Å². The van der Waals surface area contributed by atoms with Crippen molar-refractivity contribution in [1.82, 2.24) is 4.90 Å². The van der Waals surface area contributed by atoms with Crippen LogP contribution in [-0.2, 0) is 5.67 Å². The van der Waals surface area contributed by atoms with Crippen molar-refractivity contribution in [2.45, 2.75) is 19.0 Å². The summed E-state index contributed by atoms with van der Waals surface area (Å²) in [5.41, 5.74) is -0.0751. The zero-order valence-corrected chi connectivity index (χ0v) is 9.66. The van der Waals surface area contributed by atoms with Crippen molar-refractivity contribution < 1.29 is 9.18 Å². The van der Waals surface area contributed by atoms with E-state index in [1.807, 2.05) is 11.9 Å². The van der Waals surface area contributed by atoms with Crippen LogP contribution < -0.4 is 0 Å². The molecule has 1 aliphatic rings. The molecular formula is C13H16FNO. The van der Waals surface area contributed by atoms with Gasteiger partial charge in [-0.2, -0.15) is 0 Å². The lowest BCUT2D eigenvalue weighted by atomic mass is 9.93. The SMILES string of the molecule is CC(=O)c1cccc(C2(F)CCN(C)C2)c1. The van der Waals surface area contributed by atoms with E-state index >= 15 is 0 Å². The molecule has 1 aromatic carbocycles. The number of benzene rings is 1. The highest BCUT2D eigenvalue weighted by atomic mass is 19.1. The molecule has 0 amide bonds. The van der Waals surface area contributed by atoms with Gasteiger partial charge in [0.15, 0.2) is 5.78 Å². The Bertz CT molecular complexity index is 418. The van der Waals surface area contributed by atoms with Crippen molar-refractivity contribution in [1.29, 1.82) is 0 Å². The summed E-state index contributed by atoms with van der Waals surface area (Å²) in [5.74, 6) is -0.0169. The minimum absolute atomic E-state index is 0.0169. The lowest BCUT2D eigenvalue weighted by Gasteiger charge is -2.20. The fourth-order valence-corrected chi connectivity index (χ4v) is 2.21. The maximum Gasteiger partial charge on any atom is 0.159 e. The van der Waals surface area contributed by atoms with Crippen LogP contribution >= 0.6 is 0 Å². The molecule has 0 radical (unpaired) electrons. The first-order chi connectivity index (χ1) is 7.51. The third kappa shape index (κ3) is 2.00. The number of carbonyl (C=O) groups excluding carboxylic acids is 1. The third-order valence-electron chi connectivity index (χ3n) is 3.20. The number of Topliss-reactive ketones (excluding diaryl/α,β-unsaturated/α-hetero) is 1. The Morgan fingerprint density at radius 2 is 2.25 bits per heavy atom. The Morgan fingerprint density at radius 1 is 1.50 bits per heavy atom. The van der Waals surface area contributed by atoms with Crippen molar-refractivity contribution in [2.24, 2.45) is 0 Å². The number of likely N-dealkylation sites (N-methyl/N-ethyl adjacent to an activating group) is 1. The van der Waals surface area contributed by atoms with Crippen molar-refractivity contribution >= 4 is 5.78 Å². The molecular weight excluding hydrogens is 205 g/mol. The smallest absolute Gasteiger partial charge is 0.159 e. The van der Waals surface area contributed by atoms with Crippen LogP contribution in [0.5, 0.6) is 0 Å². The highest BCUT2D eigenvalue weighted by molar-refractivity contribution is 5.94. The fourth-order valence-electron chi connectivity index (χ4n) is 2.21. The standard InChI is InChI=1S/C13H16FNO/c1-10(16)11-4-3-5-12(8-11)13(14)6-7-15(2)9-13/h3-5,8H,6-7,9H2,1-2H3. The lowest BCUT2D eigenvalue weighted by Crippen LogP contribution is -2.24. The second kappa shape index (κ2) is 3.98. The summed E-state index contributed by atoms with van der Waals surface area (Å²) in [7, 11) is 1.91. The minimum Gasteiger partial charge on any atom is -0.303 e. The zero-order chi connectivity index (χ0) is 11.8. The molecule has 1 fully saturated rings. The summed E-state index contributed by atoms with van der Waals surface area (Å²) in [4.78, 5) is 13.2.